The van der Waals surface area contributed by atoms with Crippen LogP contribution in [0.5, 0.6) is 5.75 Å². The van der Waals surface area contributed by atoms with Gasteiger partial charge >= 0.3 is 0 Å². The molecule has 0 unspecified atom stereocenters. The highest BCUT2D eigenvalue weighted by Crippen LogP contribution is 2.31. The van der Waals surface area contributed by atoms with E-state index in [1.54, 1.807) is 12.0 Å². The van der Waals surface area contributed by atoms with Gasteiger partial charge in [0.15, 0.2) is 0 Å². The Hall–Kier alpha value is -2.37. The topological polar surface area (TPSA) is 61.8 Å². The van der Waals surface area contributed by atoms with Crippen molar-refractivity contribution < 1.29 is 14.6 Å². The molecule has 2 aromatic rings. The molecule has 1 aliphatic rings. The van der Waals surface area contributed by atoms with Crippen molar-refractivity contribution in [1.82, 2.24) is 5.32 Å². The number of para-hydroxylation sites is 2. The largest absolute Gasteiger partial charge is 0.495 e. The van der Waals surface area contributed by atoms with Gasteiger partial charge in [-0.15, -0.1) is 0 Å². The predicted molar refractivity (Wildman–Crippen MR) is 97.7 cm³/mol. The average Bonchev–Trinajstić information content (AvgIpc) is 3.02. The highest BCUT2D eigenvalue weighted by atomic mass is 16.5. The van der Waals surface area contributed by atoms with E-state index in [-0.39, 0.29) is 24.6 Å². The van der Waals surface area contributed by atoms with E-state index in [4.69, 9.17) is 4.74 Å². The first-order valence-corrected chi connectivity index (χ1v) is 8.54. The number of rotatable bonds is 6. The zero-order valence-electron chi connectivity index (χ0n) is 14.6. The Kier molecular flexibility index (Phi) is 5.36. The highest BCUT2D eigenvalue weighted by Gasteiger charge is 2.34. The van der Waals surface area contributed by atoms with Crippen LogP contribution >= 0.6 is 0 Å². The number of nitrogens with zero attached hydrogens (tertiary/aromatic N) is 1. The lowest BCUT2D eigenvalue weighted by atomic mass is 10.0. The van der Waals surface area contributed by atoms with Crippen molar-refractivity contribution in [1.29, 1.82) is 0 Å². The van der Waals surface area contributed by atoms with Crippen LogP contribution in [0.4, 0.5) is 5.69 Å². The SMILES string of the molecule is COc1ccccc1N1CC[C@H](N[C@@H](C)c2cccc(CO)c2)C1=O. The van der Waals surface area contributed by atoms with Crippen molar-refractivity contribution in [2.45, 2.75) is 32.0 Å². The summed E-state index contributed by atoms with van der Waals surface area (Å²) < 4.78 is 5.38. The average molecular weight is 340 g/mol. The van der Waals surface area contributed by atoms with Crippen LogP contribution in [-0.4, -0.2) is 30.7 Å². The summed E-state index contributed by atoms with van der Waals surface area (Å²) in [6.45, 7) is 2.72. The van der Waals surface area contributed by atoms with Gasteiger partial charge in [-0.05, 0) is 36.6 Å². The number of carbonyl (C=O) groups excluding carboxylic acids is 1. The zero-order chi connectivity index (χ0) is 17.8. The number of carbonyl (C=O) groups is 1. The van der Waals surface area contributed by atoms with Gasteiger partial charge in [-0.1, -0.05) is 36.4 Å². The molecule has 25 heavy (non-hydrogen) atoms. The van der Waals surface area contributed by atoms with Gasteiger partial charge < -0.3 is 14.7 Å². The molecular formula is C20H24N2O3. The van der Waals surface area contributed by atoms with E-state index in [0.717, 1.165) is 23.2 Å². The Morgan fingerprint density at radius 1 is 1.28 bits per heavy atom. The van der Waals surface area contributed by atoms with Crippen molar-refractivity contribution in [2.75, 3.05) is 18.6 Å². The van der Waals surface area contributed by atoms with Crippen molar-refractivity contribution >= 4 is 11.6 Å². The molecule has 2 aromatic carbocycles. The minimum atomic E-state index is -0.224. The minimum absolute atomic E-state index is 0.0184. The molecule has 0 spiro atoms. The molecule has 5 heteroatoms. The van der Waals surface area contributed by atoms with E-state index in [1.807, 2.05) is 55.5 Å². The molecule has 1 amide bonds. The molecule has 0 saturated carbocycles. The Morgan fingerprint density at radius 3 is 2.84 bits per heavy atom. The highest BCUT2D eigenvalue weighted by molar-refractivity contribution is 6.00. The van der Waals surface area contributed by atoms with Gasteiger partial charge in [0, 0.05) is 12.6 Å². The third-order valence-corrected chi connectivity index (χ3v) is 4.67. The third-order valence-electron chi connectivity index (χ3n) is 4.67. The van der Waals surface area contributed by atoms with E-state index in [2.05, 4.69) is 5.32 Å². The van der Waals surface area contributed by atoms with Crippen molar-refractivity contribution in [3.05, 3.63) is 59.7 Å². The molecule has 1 heterocycles. The summed E-state index contributed by atoms with van der Waals surface area (Å²) in [5.41, 5.74) is 2.75. The molecule has 1 saturated heterocycles. The van der Waals surface area contributed by atoms with Crippen LogP contribution in [-0.2, 0) is 11.4 Å². The van der Waals surface area contributed by atoms with E-state index in [0.29, 0.717) is 12.3 Å². The summed E-state index contributed by atoms with van der Waals surface area (Å²) in [7, 11) is 1.62. The Morgan fingerprint density at radius 2 is 2.08 bits per heavy atom. The maximum absolute atomic E-state index is 12.8. The lowest BCUT2D eigenvalue weighted by Gasteiger charge is -2.22. The van der Waals surface area contributed by atoms with Crippen LogP contribution in [0, 0.1) is 0 Å². The third kappa shape index (κ3) is 3.67. The lowest BCUT2D eigenvalue weighted by molar-refractivity contribution is -0.119. The molecule has 2 atom stereocenters. The Labute approximate surface area is 148 Å². The number of aliphatic hydroxyl groups is 1. The van der Waals surface area contributed by atoms with E-state index >= 15 is 0 Å². The monoisotopic (exact) mass is 340 g/mol. The summed E-state index contributed by atoms with van der Waals surface area (Å²) in [6, 6.07) is 15.2. The lowest BCUT2D eigenvalue weighted by Crippen LogP contribution is -2.39. The van der Waals surface area contributed by atoms with Crippen molar-refractivity contribution in [3.8, 4) is 5.75 Å². The molecule has 3 rings (SSSR count). The number of methoxy groups -OCH3 is 1. The second kappa shape index (κ2) is 7.68. The van der Waals surface area contributed by atoms with Gasteiger partial charge in [-0.3, -0.25) is 10.1 Å². The summed E-state index contributed by atoms with van der Waals surface area (Å²) in [6.07, 6.45) is 0.751. The summed E-state index contributed by atoms with van der Waals surface area (Å²) >= 11 is 0. The van der Waals surface area contributed by atoms with Crippen molar-refractivity contribution in [3.63, 3.8) is 0 Å². The first-order valence-electron chi connectivity index (χ1n) is 8.54. The van der Waals surface area contributed by atoms with E-state index in [1.165, 1.54) is 0 Å². The number of anilines is 1. The van der Waals surface area contributed by atoms with Crippen LogP contribution in [0.3, 0.4) is 0 Å². The molecule has 1 fully saturated rings. The van der Waals surface area contributed by atoms with Gasteiger partial charge in [0.05, 0.1) is 25.4 Å². The summed E-state index contributed by atoms with van der Waals surface area (Å²) in [5.74, 6) is 0.773. The van der Waals surface area contributed by atoms with Crippen LogP contribution in [0.15, 0.2) is 48.5 Å². The van der Waals surface area contributed by atoms with Crippen LogP contribution in [0.25, 0.3) is 0 Å². The van der Waals surface area contributed by atoms with Crippen molar-refractivity contribution in [2.24, 2.45) is 0 Å². The molecule has 1 aliphatic heterocycles. The fourth-order valence-corrected chi connectivity index (χ4v) is 3.29. The van der Waals surface area contributed by atoms with Gasteiger partial charge in [-0.25, -0.2) is 0 Å². The van der Waals surface area contributed by atoms with Gasteiger partial charge in [0.2, 0.25) is 5.91 Å². The van der Waals surface area contributed by atoms with E-state index < -0.39 is 0 Å². The van der Waals surface area contributed by atoms with Crippen LogP contribution < -0.4 is 15.0 Å². The maximum atomic E-state index is 12.8. The minimum Gasteiger partial charge on any atom is -0.495 e. The maximum Gasteiger partial charge on any atom is 0.244 e. The number of hydrogen-bond donors (Lipinski definition) is 2. The number of benzene rings is 2. The second-order valence-corrected chi connectivity index (χ2v) is 6.29. The fraction of sp³-hybridized carbons (Fsp3) is 0.350. The number of amides is 1. The van der Waals surface area contributed by atoms with E-state index in [9.17, 15) is 9.90 Å². The standard InChI is InChI=1S/C20H24N2O3/c1-14(16-7-5-6-15(12-16)13-23)21-17-10-11-22(20(17)24)18-8-3-4-9-19(18)25-2/h3-9,12,14,17,21,23H,10-11,13H2,1-2H3/t14-,17-/m0/s1. The first kappa shape index (κ1) is 17.5. The predicted octanol–water partition coefficient (Wildman–Crippen LogP) is 2.64. The van der Waals surface area contributed by atoms with Gasteiger partial charge in [0.25, 0.3) is 0 Å². The van der Waals surface area contributed by atoms with Gasteiger partial charge in [0.1, 0.15) is 5.75 Å². The first-order chi connectivity index (χ1) is 12.1. The summed E-state index contributed by atoms with van der Waals surface area (Å²) in [5, 5.41) is 12.7. The molecule has 5 nitrogen and oxygen atoms in total. The normalized spacial score (nSPS) is 18.4. The van der Waals surface area contributed by atoms with Crippen LogP contribution in [0.2, 0.25) is 0 Å². The quantitative estimate of drug-likeness (QED) is 0.849. The zero-order valence-corrected chi connectivity index (χ0v) is 14.6. The number of aliphatic hydroxyl groups excluding tert-OH is 1. The van der Waals surface area contributed by atoms with Crippen LogP contribution in [0.1, 0.15) is 30.5 Å². The van der Waals surface area contributed by atoms with Gasteiger partial charge in [-0.2, -0.15) is 0 Å². The molecule has 0 bridgehead atoms. The fourth-order valence-electron chi connectivity index (χ4n) is 3.29. The molecule has 0 aliphatic carbocycles. The second-order valence-electron chi connectivity index (χ2n) is 6.29. The molecule has 2 N–H and O–H groups in total. The summed E-state index contributed by atoms with van der Waals surface area (Å²) in [4.78, 5) is 14.6. The Balaban J connectivity index is 1.71. The number of hydrogen-bond acceptors (Lipinski definition) is 4. The Bertz CT molecular complexity index is 747. The molecule has 0 radical (unpaired) electrons. The molecular weight excluding hydrogens is 316 g/mol. The number of nitrogens with one attached hydrogen (secondary N) is 1. The molecule has 132 valence electrons. The smallest absolute Gasteiger partial charge is 0.244 e. The number of ether oxygens (including phenoxy) is 1. The molecule has 0 aromatic heterocycles.